The fraction of sp³-hybridized carbons (Fsp3) is 0.353. The summed E-state index contributed by atoms with van der Waals surface area (Å²) in [6.07, 6.45) is -2.42. The lowest BCUT2D eigenvalue weighted by atomic mass is 10.2. The molecule has 2 heterocycles. The highest BCUT2D eigenvalue weighted by Crippen LogP contribution is 2.39. The van der Waals surface area contributed by atoms with Crippen LogP contribution in [0.1, 0.15) is 18.4 Å². The molecular weight excluding hydrogens is 383 g/mol. The zero-order chi connectivity index (χ0) is 19.2. The topological polar surface area (TPSA) is 73.2 Å². The quantitative estimate of drug-likeness (QED) is 0.786. The largest absolute Gasteiger partial charge is 0.484 e. The average molecular weight is 397 g/mol. The highest BCUT2D eigenvalue weighted by Gasteiger charge is 2.30. The Labute approximate surface area is 155 Å². The number of anilines is 1. The van der Waals surface area contributed by atoms with Crippen LogP contribution in [0.3, 0.4) is 0 Å². The summed E-state index contributed by atoms with van der Waals surface area (Å²) < 4.78 is 42.9. The number of nitrogens with one attached hydrogen (secondary N) is 1. The van der Waals surface area contributed by atoms with Crippen molar-refractivity contribution in [3.63, 3.8) is 0 Å². The van der Waals surface area contributed by atoms with Gasteiger partial charge in [-0.2, -0.15) is 13.2 Å². The Kier molecular flexibility index (Phi) is 4.37. The van der Waals surface area contributed by atoms with Crippen molar-refractivity contribution in [1.29, 1.82) is 0 Å². The van der Waals surface area contributed by atoms with Crippen LogP contribution in [0.2, 0.25) is 0 Å². The summed E-state index contributed by atoms with van der Waals surface area (Å²) in [4.78, 5) is 29.0. The number of benzene rings is 1. The molecule has 1 fully saturated rings. The molecule has 0 spiro atoms. The number of thioether (sulfide) groups is 1. The first-order valence-corrected chi connectivity index (χ1v) is 9.10. The summed E-state index contributed by atoms with van der Waals surface area (Å²) in [6, 6.07) is 5.75. The Balaban J connectivity index is 1.69. The Hall–Kier alpha value is -2.49. The maximum atomic E-state index is 12.9. The van der Waals surface area contributed by atoms with Crippen molar-refractivity contribution >= 4 is 23.5 Å². The van der Waals surface area contributed by atoms with Crippen LogP contribution in [0.5, 0.6) is 5.75 Å². The third-order valence-electron chi connectivity index (χ3n) is 4.03. The molecule has 0 saturated heterocycles. The first-order valence-electron chi connectivity index (χ1n) is 8.22. The summed E-state index contributed by atoms with van der Waals surface area (Å²) >= 11 is 1.45. The van der Waals surface area contributed by atoms with E-state index in [1.807, 2.05) is 0 Å². The molecule has 0 unspecified atom stereocenters. The third kappa shape index (κ3) is 3.95. The van der Waals surface area contributed by atoms with Crippen molar-refractivity contribution in [3.05, 3.63) is 40.2 Å². The van der Waals surface area contributed by atoms with Gasteiger partial charge in [0.2, 0.25) is 5.91 Å². The molecule has 1 aliphatic heterocycles. The number of aromatic nitrogens is 2. The highest BCUT2D eigenvalue weighted by atomic mass is 32.2. The van der Waals surface area contributed by atoms with E-state index in [0.717, 1.165) is 12.8 Å². The maximum Gasteiger partial charge on any atom is 0.422 e. The van der Waals surface area contributed by atoms with E-state index in [-0.39, 0.29) is 35.0 Å². The van der Waals surface area contributed by atoms with Gasteiger partial charge in [-0.25, -0.2) is 4.98 Å². The summed E-state index contributed by atoms with van der Waals surface area (Å²) in [7, 11) is 0. The number of hydrogen-bond donors (Lipinski definition) is 1. The van der Waals surface area contributed by atoms with Gasteiger partial charge < -0.3 is 10.1 Å². The summed E-state index contributed by atoms with van der Waals surface area (Å²) in [5.41, 5.74) is 0.389. The minimum absolute atomic E-state index is 0.0394. The summed E-state index contributed by atoms with van der Waals surface area (Å²) in [5.74, 6) is 0.0478. The van der Waals surface area contributed by atoms with E-state index in [1.54, 1.807) is 0 Å². The molecule has 10 heteroatoms. The molecule has 0 atom stereocenters. The molecule has 2 aromatic rings. The molecule has 0 radical (unpaired) electrons. The van der Waals surface area contributed by atoms with Gasteiger partial charge in [-0.3, -0.25) is 14.2 Å². The molecule has 1 amide bonds. The molecule has 0 bridgehead atoms. The monoisotopic (exact) mass is 397 g/mol. The van der Waals surface area contributed by atoms with Crippen molar-refractivity contribution in [3.8, 4) is 11.4 Å². The van der Waals surface area contributed by atoms with Crippen LogP contribution in [-0.4, -0.2) is 33.5 Å². The number of alkyl halides is 3. The van der Waals surface area contributed by atoms with Gasteiger partial charge in [-0.1, -0.05) is 11.8 Å². The van der Waals surface area contributed by atoms with E-state index < -0.39 is 12.8 Å². The zero-order valence-electron chi connectivity index (χ0n) is 13.9. The van der Waals surface area contributed by atoms with Crippen LogP contribution in [0.15, 0.2) is 34.2 Å². The molecule has 6 nitrogen and oxygen atoms in total. The molecule has 2 aliphatic rings. The first-order chi connectivity index (χ1) is 12.8. The molecule has 1 N–H and O–H groups in total. The number of fused-ring (bicyclic) bond motifs is 1. The fourth-order valence-electron chi connectivity index (χ4n) is 2.63. The van der Waals surface area contributed by atoms with Gasteiger partial charge in [-0.05, 0) is 37.1 Å². The minimum atomic E-state index is -4.42. The van der Waals surface area contributed by atoms with Crippen LogP contribution < -0.4 is 15.6 Å². The van der Waals surface area contributed by atoms with E-state index >= 15 is 0 Å². The molecule has 1 aromatic carbocycles. The van der Waals surface area contributed by atoms with Crippen LogP contribution in [0, 0.1) is 0 Å². The van der Waals surface area contributed by atoms with E-state index in [2.05, 4.69) is 10.3 Å². The van der Waals surface area contributed by atoms with E-state index in [1.165, 1.54) is 40.6 Å². The Bertz CT molecular complexity index is 953. The van der Waals surface area contributed by atoms with Crippen LogP contribution in [0.4, 0.5) is 19.0 Å². The van der Waals surface area contributed by atoms with Crippen molar-refractivity contribution in [1.82, 2.24) is 9.55 Å². The number of nitrogens with zero attached hydrogens (tertiary/aromatic N) is 2. The molecular formula is C17H14F3N3O3S. The van der Waals surface area contributed by atoms with Crippen LogP contribution >= 0.6 is 11.8 Å². The number of hydrogen-bond acceptors (Lipinski definition) is 5. The standard InChI is InChI=1S/C17H14F3N3O3S/c18-17(19,20)8-26-10-3-1-9(2-4-10)23-15(25)12-7-13(24)21-14(12)22-16(23)27-11-5-6-11/h1-4,11H,5-8H2,(H,21,24). The molecule has 1 aliphatic carbocycles. The van der Waals surface area contributed by atoms with Crippen molar-refractivity contribution in [2.24, 2.45) is 0 Å². The van der Waals surface area contributed by atoms with Crippen molar-refractivity contribution in [2.75, 3.05) is 11.9 Å². The smallest absolute Gasteiger partial charge is 0.422 e. The predicted molar refractivity (Wildman–Crippen MR) is 92.6 cm³/mol. The van der Waals surface area contributed by atoms with Gasteiger partial charge in [0, 0.05) is 5.25 Å². The molecule has 142 valence electrons. The molecule has 4 rings (SSSR count). The Morgan fingerprint density at radius 3 is 2.56 bits per heavy atom. The Morgan fingerprint density at radius 2 is 1.93 bits per heavy atom. The molecule has 1 saturated carbocycles. The second-order valence-corrected chi connectivity index (χ2v) is 7.57. The van der Waals surface area contributed by atoms with E-state index in [4.69, 9.17) is 4.74 Å². The summed E-state index contributed by atoms with van der Waals surface area (Å²) in [5, 5.41) is 3.41. The normalized spacial score (nSPS) is 16.2. The van der Waals surface area contributed by atoms with Crippen LogP contribution in [-0.2, 0) is 11.2 Å². The Morgan fingerprint density at radius 1 is 1.22 bits per heavy atom. The number of rotatable bonds is 5. The van der Waals surface area contributed by atoms with Crippen molar-refractivity contribution < 1.29 is 22.7 Å². The van der Waals surface area contributed by atoms with Gasteiger partial charge in [0.1, 0.15) is 11.6 Å². The zero-order valence-corrected chi connectivity index (χ0v) is 14.7. The third-order valence-corrected chi connectivity index (χ3v) is 5.32. The molecule has 27 heavy (non-hydrogen) atoms. The van der Waals surface area contributed by atoms with Gasteiger partial charge in [0.05, 0.1) is 17.7 Å². The first kappa shape index (κ1) is 17.9. The number of ether oxygens (including phenoxy) is 1. The summed E-state index contributed by atoms with van der Waals surface area (Å²) in [6.45, 7) is -1.39. The minimum Gasteiger partial charge on any atom is -0.484 e. The van der Waals surface area contributed by atoms with Gasteiger partial charge in [-0.15, -0.1) is 0 Å². The second-order valence-electron chi connectivity index (χ2n) is 6.30. The lowest BCUT2D eigenvalue weighted by Gasteiger charge is -2.14. The number of carbonyl (C=O) groups excluding carboxylic acids is 1. The van der Waals surface area contributed by atoms with Gasteiger partial charge in [0.15, 0.2) is 11.8 Å². The number of carbonyl (C=O) groups is 1. The maximum absolute atomic E-state index is 12.9. The average Bonchev–Trinajstić information content (AvgIpc) is 3.33. The van der Waals surface area contributed by atoms with E-state index in [9.17, 15) is 22.8 Å². The lowest BCUT2D eigenvalue weighted by Crippen LogP contribution is -2.24. The SMILES string of the molecule is O=C1Cc2c(nc(SC3CC3)n(-c3ccc(OCC(F)(F)F)cc3)c2=O)N1. The predicted octanol–water partition coefficient (Wildman–Crippen LogP) is 2.92. The van der Waals surface area contributed by atoms with Crippen molar-refractivity contribution in [2.45, 2.75) is 35.8 Å². The fourth-order valence-corrected chi connectivity index (χ4v) is 3.74. The molecule has 1 aromatic heterocycles. The van der Waals surface area contributed by atoms with E-state index in [0.29, 0.717) is 16.1 Å². The van der Waals surface area contributed by atoms with Crippen LogP contribution in [0.25, 0.3) is 5.69 Å². The van der Waals surface area contributed by atoms with Gasteiger partial charge in [0.25, 0.3) is 5.56 Å². The van der Waals surface area contributed by atoms with Gasteiger partial charge >= 0.3 is 6.18 Å². The highest BCUT2D eigenvalue weighted by molar-refractivity contribution is 8.00. The lowest BCUT2D eigenvalue weighted by molar-refractivity contribution is -0.153. The number of halogens is 3. The second kappa shape index (κ2) is 6.59. The number of amides is 1.